The maximum atomic E-state index is 3.62. The minimum atomic E-state index is 0.644. The number of alkyl halides is 1. The van der Waals surface area contributed by atoms with Gasteiger partial charge in [-0.1, -0.05) is 47.3 Å². The van der Waals surface area contributed by atoms with Crippen molar-refractivity contribution in [2.45, 2.75) is 43.4 Å². The van der Waals surface area contributed by atoms with Crippen LogP contribution in [0.5, 0.6) is 0 Å². The van der Waals surface area contributed by atoms with Gasteiger partial charge in [0.2, 0.25) is 0 Å². The average Bonchev–Trinajstić information content (AvgIpc) is 2.02. The van der Waals surface area contributed by atoms with E-state index < -0.39 is 0 Å². The van der Waals surface area contributed by atoms with Gasteiger partial charge < -0.3 is 0 Å². The van der Waals surface area contributed by atoms with Gasteiger partial charge in [-0.3, -0.25) is 0 Å². The molecule has 0 aromatic heterocycles. The van der Waals surface area contributed by atoms with Crippen LogP contribution in [0.25, 0.3) is 0 Å². The molecule has 0 saturated heterocycles. The monoisotopic (exact) mass is 202 g/mol. The van der Waals surface area contributed by atoms with Gasteiger partial charge in [-0.15, -0.1) is 0 Å². The molecule has 0 spiro atoms. The predicted molar refractivity (Wildman–Crippen MR) is 49.6 cm³/mol. The molecule has 1 heteroatoms. The van der Waals surface area contributed by atoms with Crippen LogP contribution in [-0.4, -0.2) is 4.83 Å². The average molecular weight is 203 g/mol. The van der Waals surface area contributed by atoms with E-state index in [0.29, 0.717) is 4.83 Å². The van der Waals surface area contributed by atoms with E-state index in [2.05, 4.69) is 28.1 Å². The van der Waals surface area contributed by atoms with Gasteiger partial charge in [0.05, 0.1) is 0 Å². The normalized spacial score (nSPS) is 31.9. The summed E-state index contributed by atoms with van der Waals surface area (Å²) in [5.41, 5.74) is 0. The molecule has 0 saturated carbocycles. The van der Waals surface area contributed by atoms with E-state index in [9.17, 15) is 0 Å². The summed E-state index contributed by atoms with van der Waals surface area (Å²) in [5, 5.41) is 0. The molecular formula is C9H15Br. The zero-order valence-electron chi connectivity index (χ0n) is 6.35. The highest BCUT2D eigenvalue weighted by Gasteiger charge is 2.00. The van der Waals surface area contributed by atoms with Crippen LogP contribution in [0.2, 0.25) is 0 Å². The molecule has 0 amide bonds. The first-order chi connectivity index (χ1) is 4.89. The molecule has 1 atom stereocenters. The van der Waals surface area contributed by atoms with E-state index in [1.54, 1.807) is 0 Å². The van der Waals surface area contributed by atoms with E-state index in [-0.39, 0.29) is 0 Å². The Balaban J connectivity index is 2.28. The van der Waals surface area contributed by atoms with Gasteiger partial charge in [-0.25, -0.2) is 0 Å². The van der Waals surface area contributed by atoms with Gasteiger partial charge in [-0.05, 0) is 19.3 Å². The minimum absolute atomic E-state index is 0.644. The van der Waals surface area contributed by atoms with Crippen LogP contribution in [0.1, 0.15) is 38.5 Å². The lowest BCUT2D eigenvalue weighted by Crippen LogP contribution is -1.90. The molecule has 1 aliphatic rings. The maximum absolute atomic E-state index is 3.62. The predicted octanol–water partition coefficient (Wildman–Crippen LogP) is 3.66. The molecule has 0 nitrogen and oxygen atoms in total. The summed E-state index contributed by atoms with van der Waals surface area (Å²) in [7, 11) is 0. The van der Waals surface area contributed by atoms with Crippen LogP contribution in [-0.2, 0) is 0 Å². The molecule has 0 aromatic rings. The Bertz CT molecular complexity index is 107. The van der Waals surface area contributed by atoms with Gasteiger partial charge in [-0.2, -0.15) is 0 Å². The topological polar surface area (TPSA) is 0 Å². The highest BCUT2D eigenvalue weighted by Crippen LogP contribution is 2.16. The van der Waals surface area contributed by atoms with Crippen molar-refractivity contribution < 1.29 is 0 Å². The van der Waals surface area contributed by atoms with E-state index in [0.717, 1.165) is 0 Å². The second kappa shape index (κ2) is 4.95. The van der Waals surface area contributed by atoms with Crippen molar-refractivity contribution in [3.8, 4) is 0 Å². The molecular weight excluding hydrogens is 188 g/mol. The lowest BCUT2D eigenvalue weighted by atomic mass is 10.1. The van der Waals surface area contributed by atoms with E-state index in [4.69, 9.17) is 0 Å². The van der Waals surface area contributed by atoms with Gasteiger partial charge in [0, 0.05) is 4.83 Å². The fraction of sp³-hybridized carbons (Fsp3) is 0.778. The molecule has 0 aromatic carbocycles. The van der Waals surface area contributed by atoms with Crippen molar-refractivity contribution in [3.05, 3.63) is 12.2 Å². The SMILES string of the molecule is BrC1/C=C\CCCCCC1. The van der Waals surface area contributed by atoms with E-state index in [1.165, 1.54) is 38.5 Å². The maximum Gasteiger partial charge on any atom is 0.0325 e. The van der Waals surface area contributed by atoms with Crippen molar-refractivity contribution in [2.75, 3.05) is 0 Å². The molecule has 1 aliphatic carbocycles. The molecule has 0 heterocycles. The summed E-state index contributed by atoms with van der Waals surface area (Å²) in [6, 6.07) is 0. The van der Waals surface area contributed by atoms with Gasteiger partial charge in [0.25, 0.3) is 0 Å². The van der Waals surface area contributed by atoms with Crippen LogP contribution in [0.4, 0.5) is 0 Å². The largest absolute Gasteiger partial charge is 0.0874 e. The van der Waals surface area contributed by atoms with Crippen LogP contribution < -0.4 is 0 Å². The zero-order valence-corrected chi connectivity index (χ0v) is 7.94. The van der Waals surface area contributed by atoms with Crippen LogP contribution in [0.3, 0.4) is 0 Å². The standard InChI is InChI=1S/C9H15Br/c10-9-7-5-3-1-2-4-6-8-9/h5,7,9H,1-4,6,8H2/b7-5-. The molecule has 10 heavy (non-hydrogen) atoms. The number of hydrogen-bond acceptors (Lipinski definition) is 0. The minimum Gasteiger partial charge on any atom is -0.0874 e. The van der Waals surface area contributed by atoms with E-state index in [1.807, 2.05) is 0 Å². The molecule has 0 aliphatic heterocycles. The molecule has 1 unspecified atom stereocenters. The molecule has 1 rings (SSSR count). The first-order valence-electron chi connectivity index (χ1n) is 4.20. The Hall–Kier alpha value is 0.220. The summed E-state index contributed by atoms with van der Waals surface area (Å²) < 4.78 is 0. The zero-order chi connectivity index (χ0) is 7.23. The molecule has 58 valence electrons. The fourth-order valence-corrected chi connectivity index (χ4v) is 1.83. The first kappa shape index (κ1) is 8.32. The van der Waals surface area contributed by atoms with Gasteiger partial charge in [0.1, 0.15) is 0 Å². The highest BCUT2D eigenvalue weighted by atomic mass is 79.9. The lowest BCUT2D eigenvalue weighted by Gasteiger charge is -2.00. The highest BCUT2D eigenvalue weighted by molar-refractivity contribution is 9.09. The number of hydrogen-bond donors (Lipinski definition) is 0. The van der Waals surface area contributed by atoms with Gasteiger partial charge in [0.15, 0.2) is 0 Å². The smallest absolute Gasteiger partial charge is 0.0325 e. The van der Waals surface area contributed by atoms with E-state index >= 15 is 0 Å². The Morgan fingerprint density at radius 2 is 1.90 bits per heavy atom. The number of allylic oxidation sites excluding steroid dienone is 2. The second-order valence-electron chi connectivity index (χ2n) is 2.94. The number of halogens is 1. The fourth-order valence-electron chi connectivity index (χ4n) is 1.30. The Labute approximate surface area is 71.8 Å². The summed E-state index contributed by atoms with van der Waals surface area (Å²) in [4.78, 5) is 0.644. The third kappa shape index (κ3) is 3.40. The molecule has 0 bridgehead atoms. The number of rotatable bonds is 0. The summed E-state index contributed by atoms with van der Waals surface area (Å²) in [6.45, 7) is 0. The quantitative estimate of drug-likeness (QED) is 0.416. The van der Waals surface area contributed by atoms with Crippen LogP contribution in [0.15, 0.2) is 12.2 Å². The Kier molecular flexibility index (Phi) is 4.12. The summed E-state index contributed by atoms with van der Waals surface area (Å²) in [5.74, 6) is 0. The molecule has 0 fully saturated rings. The Morgan fingerprint density at radius 3 is 2.80 bits per heavy atom. The summed E-state index contributed by atoms with van der Waals surface area (Å²) in [6.07, 6.45) is 12.8. The van der Waals surface area contributed by atoms with Crippen LogP contribution >= 0.6 is 15.9 Å². The first-order valence-corrected chi connectivity index (χ1v) is 5.12. The third-order valence-electron chi connectivity index (χ3n) is 1.95. The van der Waals surface area contributed by atoms with Gasteiger partial charge >= 0.3 is 0 Å². The van der Waals surface area contributed by atoms with Crippen molar-refractivity contribution >= 4 is 15.9 Å². The van der Waals surface area contributed by atoms with Crippen LogP contribution in [0, 0.1) is 0 Å². The Morgan fingerprint density at radius 1 is 1.10 bits per heavy atom. The molecule has 0 N–H and O–H groups in total. The van der Waals surface area contributed by atoms with Crippen molar-refractivity contribution in [2.24, 2.45) is 0 Å². The summed E-state index contributed by atoms with van der Waals surface area (Å²) >= 11 is 3.62. The van der Waals surface area contributed by atoms with Crippen molar-refractivity contribution in [3.63, 3.8) is 0 Å². The third-order valence-corrected chi connectivity index (χ3v) is 2.71. The lowest BCUT2D eigenvalue weighted by molar-refractivity contribution is 0.637. The second-order valence-corrected chi connectivity index (χ2v) is 4.11. The van der Waals surface area contributed by atoms with Crippen molar-refractivity contribution in [1.29, 1.82) is 0 Å². The van der Waals surface area contributed by atoms with Crippen molar-refractivity contribution in [1.82, 2.24) is 0 Å². The molecule has 0 radical (unpaired) electrons.